The van der Waals surface area contributed by atoms with Gasteiger partial charge in [0.2, 0.25) is 0 Å². The highest BCUT2D eigenvalue weighted by Crippen LogP contribution is 2.36. The summed E-state index contributed by atoms with van der Waals surface area (Å²) in [4.78, 5) is 16.2. The van der Waals surface area contributed by atoms with Gasteiger partial charge < -0.3 is 20.3 Å². The zero-order valence-corrected chi connectivity index (χ0v) is 21.7. The lowest BCUT2D eigenvalue weighted by Gasteiger charge is -2.15. The number of benzene rings is 2. The number of carboxylic acid groups (broad SMARTS) is 1. The fraction of sp³-hybridized carbons (Fsp3) is 0.269. The second-order valence-corrected chi connectivity index (χ2v) is 15.3. The van der Waals surface area contributed by atoms with Crippen molar-refractivity contribution in [3.63, 3.8) is 0 Å². The monoisotopic (exact) mass is 508 g/mol. The average molecular weight is 509 g/mol. The molecule has 0 bridgehead atoms. The zero-order valence-electron chi connectivity index (χ0n) is 20.7. The van der Waals surface area contributed by atoms with Crippen molar-refractivity contribution in [2.45, 2.75) is 32.4 Å². The van der Waals surface area contributed by atoms with Crippen LogP contribution in [0.25, 0.3) is 33.4 Å². The van der Waals surface area contributed by atoms with Crippen molar-refractivity contribution in [1.29, 1.82) is 0 Å². The van der Waals surface area contributed by atoms with Gasteiger partial charge >= 0.3 is 5.97 Å². The van der Waals surface area contributed by atoms with Gasteiger partial charge in [0.05, 0.1) is 18.4 Å². The lowest BCUT2D eigenvalue weighted by Crippen LogP contribution is -2.22. The van der Waals surface area contributed by atoms with Crippen LogP contribution in [0.3, 0.4) is 0 Å². The molecule has 8 nitrogen and oxygen atoms in total. The van der Waals surface area contributed by atoms with E-state index in [1.54, 1.807) is 18.0 Å². The zero-order chi connectivity index (χ0) is 26.0. The molecule has 188 valence electrons. The van der Waals surface area contributed by atoms with Gasteiger partial charge in [0, 0.05) is 37.4 Å². The normalized spacial score (nSPS) is 11.7. The summed E-state index contributed by atoms with van der Waals surface area (Å²) in [6.07, 6.45) is 1.56. The molecule has 36 heavy (non-hydrogen) atoms. The maximum atomic E-state index is 14.4. The van der Waals surface area contributed by atoms with E-state index in [0.29, 0.717) is 40.2 Å². The van der Waals surface area contributed by atoms with Gasteiger partial charge in [-0.05, 0) is 41.9 Å². The Labute approximate surface area is 209 Å². The van der Waals surface area contributed by atoms with Crippen LogP contribution >= 0.6 is 0 Å². The summed E-state index contributed by atoms with van der Waals surface area (Å²) in [7, 11) is 0.346. The van der Waals surface area contributed by atoms with Crippen molar-refractivity contribution >= 4 is 30.8 Å². The third-order valence-electron chi connectivity index (χ3n) is 5.85. The van der Waals surface area contributed by atoms with Crippen LogP contribution in [0, 0.1) is 5.82 Å². The molecular formula is C26H29FN4O4Si. The van der Waals surface area contributed by atoms with E-state index in [1.165, 1.54) is 12.1 Å². The van der Waals surface area contributed by atoms with Gasteiger partial charge in [-0.1, -0.05) is 31.8 Å². The van der Waals surface area contributed by atoms with Gasteiger partial charge in [0.1, 0.15) is 24.0 Å². The number of nitrogens with two attached hydrogens (primary N) is 1. The van der Waals surface area contributed by atoms with Crippen molar-refractivity contribution in [2.75, 3.05) is 19.5 Å². The van der Waals surface area contributed by atoms with E-state index >= 15 is 0 Å². The minimum atomic E-state index is -1.31. The number of nitrogen functional groups attached to an aromatic ring is 1. The third kappa shape index (κ3) is 5.24. The van der Waals surface area contributed by atoms with E-state index in [-0.39, 0.29) is 12.3 Å². The number of carboxylic acids is 1. The molecule has 4 aromatic rings. The number of carbonyl (C=O) groups is 1. The van der Waals surface area contributed by atoms with Crippen molar-refractivity contribution in [3.8, 4) is 28.1 Å². The molecule has 2 aromatic heterocycles. The molecule has 0 spiro atoms. The molecule has 0 unspecified atom stereocenters. The van der Waals surface area contributed by atoms with E-state index < -0.39 is 25.5 Å². The Bertz CT molecular complexity index is 1430. The fourth-order valence-corrected chi connectivity index (χ4v) is 4.59. The van der Waals surface area contributed by atoms with Crippen molar-refractivity contribution in [2.24, 2.45) is 0 Å². The number of rotatable bonds is 9. The third-order valence-corrected chi connectivity index (χ3v) is 7.56. The second-order valence-electron chi connectivity index (χ2n) is 9.72. The van der Waals surface area contributed by atoms with Crippen molar-refractivity contribution < 1.29 is 23.8 Å². The molecule has 0 aliphatic heterocycles. The number of hydrogen-bond acceptors (Lipinski definition) is 6. The smallest absolute Gasteiger partial charge is 0.337 e. The van der Waals surface area contributed by atoms with Crippen LogP contribution in [0.1, 0.15) is 10.4 Å². The highest BCUT2D eigenvalue weighted by Gasteiger charge is 2.20. The number of fused-ring (bicyclic) bond motifs is 1. The highest BCUT2D eigenvalue weighted by atomic mass is 28.3. The SMILES string of the molecule is COc1ccccc1-c1nn(COCC[Si](C)(C)C)c2ncc(-c3cc(F)c(N)c(C(=O)O)c3)cc12. The molecular weight excluding hydrogens is 479 g/mol. The van der Waals surface area contributed by atoms with Crippen LogP contribution in [0.2, 0.25) is 25.7 Å². The summed E-state index contributed by atoms with van der Waals surface area (Å²) in [5, 5.41) is 14.9. The van der Waals surface area contributed by atoms with Crippen molar-refractivity contribution in [1.82, 2.24) is 14.8 Å². The van der Waals surface area contributed by atoms with Gasteiger partial charge in [-0.2, -0.15) is 5.10 Å². The number of aromatic carboxylic acids is 1. The van der Waals surface area contributed by atoms with Crippen LogP contribution < -0.4 is 10.5 Å². The molecule has 0 aliphatic rings. The standard InChI is InChI=1S/C26H29FN4O4Si/c1-34-22-8-6-5-7-18(22)24-20-12-17(16-11-19(26(32)33)23(28)21(27)13-16)14-29-25(20)31(30-24)15-35-9-10-36(2,3)4/h5-8,11-14H,9-10,15,28H2,1-4H3,(H,32,33). The number of ether oxygens (including phenoxy) is 2. The maximum Gasteiger partial charge on any atom is 0.337 e. The highest BCUT2D eigenvalue weighted by molar-refractivity contribution is 6.76. The molecule has 0 saturated heterocycles. The van der Waals surface area contributed by atoms with Crippen LogP contribution in [0.4, 0.5) is 10.1 Å². The lowest BCUT2D eigenvalue weighted by atomic mass is 10.0. The number of anilines is 1. The van der Waals surface area contributed by atoms with E-state index in [1.807, 2.05) is 30.3 Å². The Morgan fingerprint density at radius 1 is 1.17 bits per heavy atom. The molecule has 0 radical (unpaired) electrons. The molecule has 2 heterocycles. The summed E-state index contributed by atoms with van der Waals surface area (Å²) in [5.74, 6) is -1.47. The van der Waals surface area contributed by atoms with E-state index in [9.17, 15) is 14.3 Å². The number of hydrogen-bond donors (Lipinski definition) is 2. The Hall–Kier alpha value is -3.76. The minimum absolute atomic E-state index is 0.224. The summed E-state index contributed by atoms with van der Waals surface area (Å²) in [6.45, 7) is 7.72. The van der Waals surface area contributed by atoms with Crippen molar-refractivity contribution in [3.05, 3.63) is 60.0 Å². The van der Waals surface area contributed by atoms with Gasteiger partial charge in [-0.15, -0.1) is 0 Å². The molecule has 0 atom stereocenters. The van der Waals surface area contributed by atoms with Gasteiger partial charge in [0.25, 0.3) is 0 Å². The molecule has 0 amide bonds. The largest absolute Gasteiger partial charge is 0.496 e. The molecule has 0 fully saturated rings. The van der Waals surface area contributed by atoms with Gasteiger partial charge in [-0.3, -0.25) is 0 Å². The second kappa shape index (κ2) is 10.1. The van der Waals surface area contributed by atoms with E-state index in [2.05, 4.69) is 24.6 Å². The number of para-hydroxylation sites is 1. The molecule has 0 saturated carbocycles. The first-order chi connectivity index (χ1) is 17.1. The van der Waals surface area contributed by atoms with Crippen LogP contribution in [-0.2, 0) is 11.5 Å². The fourth-order valence-electron chi connectivity index (χ4n) is 3.84. The molecule has 4 rings (SSSR count). The topological polar surface area (TPSA) is 112 Å². The first-order valence-corrected chi connectivity index (χ1v) is 15.2. The first kappa shape index (κ1) is 25.3. The summed E-state index contributed by atoms with van der Waals surface area (Å²) in [6, 6.07) is 12.9. The number of halogens is 1. The Balaban J connectivity index is 1.83. The first-order valence-electron chi connectivity index (χ1n) is 11.5. The van der Waals surface area contributed by atoms with Crippen LogP contribution in [0.15, 0.2) is 48.7 Å². The Kier molecular flexibility index (Phi) is 7.09. The van der Waals surface area contributed by atoms with Crippen LogP contribution in [0.5, 0.6) is 5.75 Å². The Morgan fingerprint density at radius 2 is 1.92 bits per heavy atom. The number of aromatic nitrogens is 3. The average Bonchev–Trinajstić information content (AvgIpc) is 3.20. The number of methoxy groups -OCH3 is 1. The number of pyridine rings is 1. The predicted molar refractivity (Wildman–Crippen MR) is 140 cm³/mol. The van der Waals surface area contributed by atoms with Gasteiger partial charge in [0.15, 0.2) is 5.65 Å². The van der Waals surface area contributed by atoms with E-state index in [0.717, 1.165) is 11.6 Å². The lowest BCUT2D eigenvalue weighted by molar-refractivity contribution is 0.0697. The van der Waals surface area contributed by atoms with Gasteiger partial charge in [-0.25, -0.2) is 18.9 Å². The van der Waals surface area contributed by atoms with Crippen LogP contribution in [-0.4, -0.2) is 47.6 Å². The minimum Gasteiger partial charge on any atom is -0.496 e. The molecule has 10 heteroatoms. The number of nitrogens with zero attached hydrogens (tertiary/aromatic N) is 3. The molecule has 2 aromatic carbocycles. The molecule has 3 N–H and O–H groups in total. The summed E-state index contributed by atoms with van der Waals surface area (Å²) >= 11 is 0. The van der Waals surface area contributed by atoms with E-state index in [4.69, 9.17) is 20.3 Å². The quantitative estimate of drug-likeness (QED) is 0.174. The maximum absolute atomic E-state index is 14.4. The predicted octanol–water partition coefficient (Wildman–Crippen LogP) is 5.51. The Morgan fingerprint density at radius 3 is 2.61 bits per heavy atom. The summed E-state index contributed by atoms with van der Waals surface area (Å²) in [5.41, 5.74) is 7.77. The molecule has 0 aliphatic carbocycles. The summed E-state index contributed by atoms with van der Waals surface area (Å²) < 4.78 is 27.6.